The summed E-state index contributed by atoms with van der Waals surface area (Å²) in [6, 6.07) is 32.8. The van der Waals surface area contributed by atoms with Crippen molar-refractivity contribution in [2.24, 2.45) is 0 Å². The zero-order valence-corrected chi connectivity index (χ0v) is 24.9. The molecule has 5 rings (SSSR count). The van der Waals surface area contributed by atoms with E-state index in [4.69, 9.17) is 14.2 Å². The molecule has 0 aliphatic carbocycles. The van der Waals surface area contributed by atoms with Crippen molar-refractivity contribution in [1.82, 2.24) is 9.80 Å². The average molecular weight is 593 g/mol. The monoisotopic (exact) mass is 592 g/mol. The third kappa shape index (κ3) is 7.15. The summed E-state index contributed by atoms with van der Waals surface area (Å²) >= 11 is 0. The van der Waals surface area contributed by atoms with Crippen LogP contribution in [0.1, 0.15) is 44.2 Å². The lowest BCUT2D eigenvalue weighted by Gasteiger charge is -2.40. The van der Waals surface area contributed by atoms with Gasteiger partial charge in [-0.2, -0.15) is 0 Å². The minimum absolute atomic E-state index is 0.102. The molecule has 0 radical (unpaired) electrons. The first-order chi connectivity index (χ1) is 21.5. The van der Waals surface area contributed by atoms with E-state index in [1.54, 1.807) is 24.1 Å². The van der Waals surface area contributed by atoms with Gasteiger partial charge in [0.2, 0.25) is 5.91 Å². The number of hydrogen-bond acceptors (Lipinski definition) is 6. The largest absolute Gasteiger partial charge is 0.465 e. The molecule has 8 nitrogen and oxygen atoms in total. The number of fused-ring (bicyclic) bond motifs is 1. The van der Waals surface area contributed by atoms with Crippen molar-refractivity contribution >= 4 is 18.0 Å². The van der Waals surface area contributed by atoms with Crippen molar-refractivity contribution in [2.75, 3.05) is 20.8 Å². The summed E-state index contributed by atoms with van der Waals surface area (Å²) in [4.78, 5) is 43.7. The van der Waals surface area contributed by atoms with E-state index < -0.39 is 24.1 Å². The minimum atomic E-state index is -0.800. The van der Waals surface area contributed by atoms with Crippen LogP contribution in [0.5, 0.6) is 0 Å². The van der Waals surface area contributed by atoms with Crippen LogP contribution in [0.15, 0.2) is 109 Å². The SMILES string of the molecule is COC[C@@H](c1ccccc1)N(Cc1ccc(C(=O)OC)cc1)C(=O)[C@@H]1Cc2ccccc2CN1C(=O)OCc1ccccc1. The molecule has 0 spiro atoms. The van der Waals surface area contributed by atoms with Gasteiger partial charge in [-0.15, -0.1) is 0 Å². The molecular weight excluding hydrogens is 556 g/mol. The van der Waals surface area contributed by atoms with Gasteiger partial charge in [-0.25, -0.2) is 9.59 Å². The number of rotatable bonds is 10. The van der Waals surface area contributed by atoms with Gasteiger partial charge in [-0.3, -0.25) is 9.69 Å². The first-order valence-electron chi connectivity index (χ1n) is 14.5. The molecule has 0 fully saturated rings. The van der Waals surface area contributed by atoms with Crippen LogP contribution in [0.4, 0.5) is 4.79 Å². The second kappa shape index (κ2) is 14.5. The van der Waals surface area contributed by atoms with Gasteiger partial charge in [0, 0.05) is 20.1 Å². The van der Waals surface area contributed by atoms with Crippen LogP contribution < -0.4 is 0 Å². The zero-order chi connectivity index (χ0) is 30.9. The van der Waals surface area contributed by atoms with Crippen molar-refractivity contribution in [3.8, 4) is 0 Å². The predicted octanol–water partition coefficient (Wildman–Crippen LogP) is 5.95. The van der Waals surface area contributed by atoms with E-state index >= 15 is 0 Å². The molecule has 1 aliphatic heterocycles. The Bertz CT molecular complexity index is 1560. The van der Waals surface area contributed by atoms with E-state index in [1.165, 1.54) is 12.0 Å². The molecule has 4 aromatic rings. The molecule has 2 amide bonds. The number of esters is 1. The normalized spacial score (nSPS) is 14.7. The maximum atomic E-state index is 14.8. The predicted molar refractivity (Wildman–Crippen MR) is 165 cm³/mol. The van der Waals surface area contributed by atoms with Gasteiger partial charge in [0.1, 0.15) is 12.6 Å². The average Bonchev–Trinajstić information content (AvgIpc) is 3.08. The number of ether oxygens (including phenoxy) is 3. The van der Waals surface area contributed by atoms with Gasteiger partial charge >= 0.3 is 12.1 Å². The Balaban J connectivity index is 1.49. The molecule has 4 aromatic carbocycles. The summed E-state index contributed by atoms with van der Waals surface area (Å²) in [5, 5.41) is 0. The van der Waals surface area contributed by atoms with Gasteiger partial charge in [-0.1, -0.05) is 97.1 Å². The maximum Gasteiger partial charge on any atom is 0.411 e. The van der Waals surface area contributed by atoms with Crippen molar-refractivity contribution in [3.63, 3.8) is 0 Å². The molecule has 0 unspecified atom stereocenters. The summed E-state index contributed by atoms with van der Waals surface area (Å²) < 4.78 is 16.2. The third-order valence-corrected chi connectivity index (χ3v) is 7.87. The molecule has 0 saturated carbocycles. The number of methoxy groups -OCH3 is 2. The molecule has 0 bridgehead atoms. The summed E-state index contributed by atoms with van der Waals surface area (Å²) in [5.41, 5.74) is 5.00. The van der Waals surface area contributed by atoms with E-state index in [0.29, 0.717) is 12.0 Å². The van der Waals surface area contributed by atoms with Gasteiger partial charge < -0.3 is 19.1 Å². The fourth-order valence-electron chi connectivity index (χ4n) is 5.53. The van der Waals surface area contributed by atoms with Crippen LogP contribution in [0.3, 0.4) is 0 Å². The quantitative estimate of drug-likeness (QED) is 0.212. The van der Waals surface area contributed by atoms with E-state index in [9.17, 15) is 14.4 Å². The fraction of sp³-hybridized carbons (Fsp3) is 0.250. The highest BCUT2D eigenvalue weighted by atomic mass is 16.6. The Morgan fingerprint density at radius 2 is 1.43 bits per heavy atom. The zero-order valence-electron chi connectivity index (χ0n) is 24.9. The molecule has 2 atom stereocenters. The van der Waals surface area contributed by atoms with E-state index in [1.807, 2.05) is 97.1 Å². The Kier molecular flexibility index (Phi) is 10.0. The Labute approximate surface area is 257 Å². The molecule has 8 heteroatoms. The van der Waals surface area contributed by atoms with E-state index in [0.717, 1.165) is 27.8 Å². The molecule has 44 heavy (non-hydrogen) atoms. The third-order valence-electron chi connectivity index (χ3n) is 7.87. The number of carbonyl (C=O) groups is 3. The lowest BCUT2D eigenvalue weighted by Crippen LogP contribution is -2.54. The first kappa shape index (κ1) is 30.5. The second-order valence-corrected chi connectivity index (χ2v) is 10.7. The lowest BCUT2D eigenvalue weighted by atomic mass is 9.92. The lowest BCUT2D eigenvalue weighted by molar-refractivity contribution is -0.141. The number of benzene rings is 4. The summed E-state index contributed by atoms with van der Waals surface area (Å²) in [5.74, 6) is -0.657. The van der Waals surface area contributed by atoms with Crippen LogP contribution >= 0.6 is 0 Å². The van der Waals surface area contributed by atoms with Crippen molar-refractivity contribution in [1.29, 1.82) is 0 Å². The van der Waals surface area contributed by atoms with E-state index in [-0.39, 0.29) is 32.2 Å². The summed E-state index contributed by atoms with van der Waals surface area (Å²) in [6.45, 7) is 0.833. The molecule has 0 aromatic heterocycles. The highest BCUT2D eigenvalue weighted by Crippen LogP contribution is 2.30. The number of hydrogen-bond donors (Lipinski definition) is 0. The second-order valence-electron chi connectivity index (χ2n) is 10.7. The molecule has 226 valence electrons. The van der Waals surface area contributed by atoms with Gasteiger partial charge in [0.05, 0.1) is 31.9 Å². The number of nitrogens with zero attached hydrogens (tertiary/aromatic N) is 2. The standard InChI is InChI=1S/C36H36N2O6/c1-42-25-33(28-13-7-4-8-14-28)37(22-26-17-19-29(20-18-26)35(40)43-2)34(39)32-21-30-15-9-10-16-31(30)23-38(32)36(41)44-24-27-11-5-3-6-12-27/h3-20,32-33H,21-25H2,1-2H3/t32-,33-/m0/s1. The number of amides is 2. The van der Waals surface area contributed by atoms with Gasteiger partial charge in [-0.05, 0) is 39.9 Å². The maximum absolute atomic E-state index is 14.8. The van der Waals surface area contributed by atoms with Crippen molar-refractivity contribution in [3.05, 3.63) is 143 Å². The Hall–Kier alpha value is -4.95. The van der Waals surface area contributed by atoms with Gasteiger partial charge in [0.15, 0.2) is 0 Å². The molecule has 0 N–H and O–H groups in total. The molecule has 1 heterocycles. The van der Waals surface area contributed by atoms with Crippen molar-refractivity contribution < 1.29 is 28.6 Å². The Morgan fingerprint density at radius 1 is 0.795 bits per heavy atom. The smallest absolute Gasteiger partial charge is 0.411 e. The molecular formula is C36H36N2O6. The highest BCUT2D eigenvalue weighted by Gasteiger charge is 2.40. The van der Waals surface area contributed by atoms with Crippen LogP contribution in [-0.2, 0) is 45.1 Å². The van der Waals surface area contributed by atoms with Crippen molar-refractivity contribution in [2.45, 2.75) is 38.2 Å². The molecule has 0 saturated heterocycles. The number of carbonyl (C=O) groups excluding carboxylic acids is 3. The summed E-state index contributed by atoms with van der Waals surface area (Å²) in [6.07, 6.45) is -0.200. The fourth-order valence-corrected chi connectivity index (χ4v) is 5.53. The van der Waals surface area contributed by atoms with E-state index in [2.05, 4.69) is 0 Å². The first-order valence-corrected chi connectivity index (χ1v) is 14.5. The van der Waals surface area contributed by atoms with Crippen LogP contribution in [0, 0.1) is 0 Å². The van der Waals surface area contributed by atoms with Gasteiger partial charge in [0.25, 0.3) is 0 Å². The molecule has 1 aliphatic rings. The topological polar surface area (TPSA) is 85.4 Å². The van der Waals surface area contributed by atoms with Crippen LogP contribution in [0.25, 0.3) is 0 Å². The van der Waals surface area contributed by atoms with Crippen LogP contribution in [0.2, 0.25) is 0 Å². The minimum Gasteiger partial charge on any atom is -0.465 e. The van der Waals surface area contributed by atoms with Crippen LogP contribution in [-0.4, -0.2) is 54.6 Å². The summed E-state index contributed by atoms with van der Waals surface area (Å²) in [7, 11) is 2.94. The highest BCUT2D eigenvalue weighted by molar-refractivity contribution is 5.89. The Morgan fingerprint density at radius 3 is 2.09 bits per heavy atom.